The third-order valence-corrected chi connectivity index (χ3v) is 4.34. The Hall–Kier alpha value is -1.24. The van der Waals surface area contributed by atoms with Crippen molar-refractivity contribution in [1.29, 1.82) is 0 Å². The van der Waals surface area contributed by atoms with Crippen LogP contribution >= 0.6 is 23.4 Å². The number of rotatable bonds is 4. The van der Waals surface area contributed by atoms with Gasteiger partial charge in [-0.2, -0.15) is 0 Å². The molecule has 20 heavy (non-hydrogen) atoms. The lowest BCUT2D eigenvalue weighted by atomic mass is 10.1. The Balaban J connectivity index is 2.34. The number of aromatic nitrogens is 3. The second kappa shape index (κ2) is 6.03. The van der Waals surface area contributed by atoms with E-state index in [9.17, 15) is 4.79 Å². The Labute approximate surface area is 126 Å². The third kappa shape index (κ3) is 3.08. The van der Waals surface area contributed by atoms with Crippen molar-refractivity contribution in [3.8, 4) is 0 Å². The highest BCUT2D eigenvalue weighted by atomic mass is 35.5. The number of nitrogens with zero attached hydrogens (tertiary/aromatic N) is 2. The summed E-state index contributed by atoms with van der Waals surface area (Å²) >= 11 is 7.62. The molecule has 3 N–H and O–H groups in total. The first-order chi connectivity index (χ1) is 9.40. The van der Waals surface area contributed by atoms with E-state index in [0.717, 1.165) is 10.5 Å². The second-order valence-corrected chi connectivity index (χ2v) is 6.27. The molecule has 0 saturated heterocycles. The summed E-state index contributed by atoms with van der Waals surface area (Å²) in [6.07, 6.45) is 0. The van der Waals surface area contributed by atoms with Crippen LogP contribution in [-0.4, -0.2) is 14.8 Å². The Morgan fingerprint density at radius 2 is 2.10 bits per heavy atom. The molecule has 1 heterocycles. The molecule has 1 aromatic carbocycles. The van der Waals surface area contributed by atoms with Gasteiger partial charge in [-0.1, -0.05) is 17.7 Å². The lowest BCUT2D eigenvalue weighted by Gasteiger charge is -2.11. The maximum absolute atomic E-state index is 11.7. The van der Waals surface area contributed by atoms with Gasteiger partial charge in [0.05, 0.1) is 5.02 Å². The summed E-state index contributed by atoms with van der Waals surface area (Å²) in [5, 5.41) is 7.70. The molecule has 2 rings (SSSR count). The van der Waals surface area contributed by atoms with Gasteiger partial charge in [0.25, 0.3) is 0 Å². The summed E-state index contributed by atoms with van der Waals surface area (Å²) in [7, 11) is 0. The van der Waals surface area contributed by atoms with Crippen molar-refractivity contribution in [2.24, 2.45) is 5.73 Å². The van der Waals surface area contributed by atoms with Crippen LogP contribution < -0.4 is 11.4 Å². The van der Waals surface area contributed by atoms with Crippen molar-refractivity contribution >= 4 is 23.4 Å². The van der Waals surface area contributed by atoms with Gasteiger partial charge in [-0.15, -0.1) is 5.10 Å². The summed E-state index contributed by atoms with van der Waals surface area (Å²) in [6.45, 7) is 5.77. The lowest BCUT2D eigenvalue weighted by Crippen LogP contribution is -2.19. The number of H-pyrrole nitrogens is 1. The fourth-order valence-corrected chi connectivity index (χ4v) is 3.08. The summed E-state index contributed by atoms with van der Waals surface area (Å²) in [5.74, 6) is 0. The van der Waals surface area contributed by atoms with E-state index in [1.54, 1.807) is 4.57 Å². The highest BCUT2D eigenvalue weighted by molar-refractivity contribution is 7.99. The predicted molar refractivity (Wildman–Crippen MR) is 81.4 cm³/mol. The van der Waals surface area contributed by atoms with Gasteiger partial charge in [0, 0.05) is 17.0 Å². The van der Waals surface area contributed by atoms with Crippen LogP contribution in [0, 0.1) is 0 Å². The van der Waals surface area contributed by atoms with E-state index in [1.165, 1.54) is 11.8 Å². The molecule has 0 amide bonds. The zero-order valence-corrected chi connectivity index (χ0v) is 13.1. The van der Waals surface area contributed by atoms with Crippen LogP contribution in [0.2, 0.25) is 5.02 Å². The van der Waals surface area contributed by atoms with Crippen LogP contribution in [0.4, 0.5) is 0 Å². The molecule has 7 heteroatoms. The number of nitrogens with two attached hydrogens (primary N) is 1. The molecule has 108 valence electrons. The maximum Gasteiger partial charge on any atom is 0.344 e. The van der Waals surface area contributed by atoms with Crippen molar-refractivity contribution in [2.75, 3.05) is 0 Å². The zero-order chi connectivity index (χ0) is 14.9. The number of hydrogen-bond donors (Lipinski definition) is 2. The van der Waals surface area contributed by atoms with Gasteiger partial charge in [0.15, 0.2) is 5.16 Å². The standard InChI is InChI=1S/C13H17ClN4OS/c1-7(2)18-12(19)16-17-13(18)20-11-5-4-9(8(3)15)6-10(11)14/h4-8H,15H2,1-3H3,(H,16,19)/t8-/m1/s1. The normalized spacial score (nSPS) is 12.9. The van der Waals surface area contributed by atoms with Crippen LogP contribution in [0.3, 0.4) is 0 Å². The monoisotopic (exact) mass is 312 g/mol. The minimum atomic E-state index is -0.217. The van der Waals surface area contributed by atoms with E-state index in [4.69, 9.17) is 17.3 Å². The number of nitrogens with one attached hydrogen (secondary N) is 1. The van der Waals surface area contributed by atoms with Crippen molar-refractivity contribution in [2.45, 2.75) is 42.9 Å². The Bertz CT molecular complexity index is 663. The van der Waals surface area contributed by atoms with Crippen LogP contribution in [0.15, 0.2) is 33.0 Å². The molecule has 1 aromatic heterocycles. The topological polar surface area (TPSA) is 76.7 Å². The Kier molecular flexibility index (Phi) is 4.57. The third-order valence-electron chi connectivity index (χ3n) is 2.87. The zero-order valence-electron chi connectivity index (χ0n) is 11.6. The Morgan fingerprint density at radius 1 is 1.40 bits per heavy atom. The molecule has 0 saturated carbocycles. The van der Waals surface area contributed by atoms with Gasteiger partial charge in [-0.05, 0) is 50.2 Å². The first-order valence-corrected chi connectivity index (χ1v) is 7.49. The van der Waals surface area contributed by atoms with E-state index in [-0.39, 0.29) is 17.8 Å². The van der Waals surface area contributed by atoms with E-state index >= 15 is 0 Å². The molecule has 2 aromatic rings. The first-order valence-electron chi connectivity index (χ1n) is 6.30. The van der Waals surface area contributed by atoms with Gasteiger partial charge < -0.3 is 5.73 Å². The molecule has 5 nitrogen and oxygen atoms in total. The Morgan fingerprint density at radius 3 is 2.65 bits per heavy atom. The SMILES string of the molecule is CC(C)n1c(Sc2ccc([C@@H](C)N)cc2Cl)n[nH]c1=O. The van der Waals surface area contributed by atoms with Crippen molar-refractivity contribution in [3.63, 3.8) is 0 Å². The molecular weight excluding hydrogens is 296 g/mol. The van der Waals surface area contributed by atoms with Gasteiger partial charge >= 0.3 is 5.69 Å². The van der Waals surface area contributed by atoms with Gasteiger partial charge in [0.1, 0.15) is 0 Å². The molecule has 0 bridgehead atoms. The number of halogens is 1. The molecule has 0 aliphatic rings. The fourth-order valence-electron chi connectivity index (χ4n) is 1.80. The van der Waals surface area contributed by atoms with E-state index in [1.807, 2.05) is 39.0 Å². The average molecular weight is 313 g/mol. The molecule has 0 aliphatic carbocycles. The second-order valence-electron chi connectivity index (χ2n) is 4.86. The summed E-state index contributed by atoms with van der Waals surface area (Å²) in [5.41, 5.74) is 6.58. The number of aromatic amines is 1. The first kappa shape index (κ1) is 15.2. The largest absolute Gasteiger partial charge is 0.344 e. The van der Waals surface area contributed by atoms with Crippen molar-refractivity contribution < 1.29 is 0 Å². The van der Waals surface area contributed by atoms with Crippen LogP contribution in [0.25, 0.3) is 0 Å². The smallest absolute Gasteiger partial charge is 0.324 e. The summed E-state index contributed by atoms with van der Waals surface area (Å²) < 4.78 is 1.60. The minimum Gasteiger partial charge on any atom is -0.324 e. The van der Waals surface area contributed by atoms with Crippen LogP contribution in [0.1, 0.15) is 38.4 Å². The van der Waals surface area contributed by atoms with E-state index < -0.39 is 0 Å². The maximum atomic E-state index is 11.7. The molecule has 0 spiro atoms. The van der Waals surface area contributed by atoms with Gasteiger partial charge in [-0.3, -0.25) is 4.57 Å². The molecule has 1 atom stereocenters. The fraction of sp³-hybridized carbons (Fsp3) is 0.385. The lowest BCUT2D eigenvalue weighted by molar-refractivity contribution is 0.534. The van der Waals surface area contributed by atoms with Crippen molar-refractivity contribution in [1.82, 2.24) is 14.8 Å². The van der Waals surface area contributed by atoms with E-state index in [0.29, 0.717) is 10.2 Å². The van der Waals surface area contributed by atoms with Crippen molar-refractivity contribution in [3.05, 3.63) is 39.3 Å². The summed E-state index contributed by atoms with van der Waals surface area (Å²) in [4.78, 5) is 12.5. The molecule has 0 aliphatic heterocycles. The van der Waals surface area contributed by atoms with Crippen LogP contribution in [0.5, 0.6) is 0 Å². The van der Waals surface area contributed by atoms with E-state index in [2.05, 4.69) is 10.2 Å². The molecule has 0 fully saturated rings. The molecular formula is C13H17ClN4OS. The summed E-state index contributed by atoms with van der Waals surface area (Å²) in [6, 6.07) is 5.65. The predicted octanol–water partition coefficient (Wildman–Crippen LogP) is 2.98. The minimum absolute atomic E-state index is 0.0332. The number of benzene rings is 1. The molecule has 0 radical (unpaired) electrons. The molecule has 0 unspecified atom stereocenters. The van der Waals surface area contributed by atoms with Crippen LogP contribution in [-0.2, 0) is 0 Å². The highest BCUT2D eigenvalue weighted by Gasteiger charge is 2.14. The average Bonchev–Trinajstić information content (AvgIpc) is 2.72. The van der Waals surface area contributed by atoms with Gasteiger partial charge in [0.2, 0.25) is 0 Å². The van der Waals surface area contributed by atoms with Gasteiger partial charge in [-0.25, -0.2) is 9.89 Å². The number of hydrogen-bond acceptors (Lipinski definition) is 4. The highest BCUT2D eigenvalue weighted by Crippen LogP contribution is 2.33. The quantitative estimate of drug-likeness (QED) is 0.910.